The third-order valence-corrected chi connectivity index (χ3v) is 4.86. The highest BCUT2D eigenvalue weighted by Crippen LogP contribution is 2.25. The van der Waals surface area contributed by atoms with Crippen LogP contribution in [0.5, 0.6) is 0 Å². The SMILES string of the molecule is Cc1n[nH]c(C)c1CN1CCC[C@H](O)[C@@H]1Cc1ccc(F)cc1. The predicted molar refractivity (Wildman–Crippen MR) is 87.6 cm³/mol. The summed E-state index contributed by atoms with van der Waals surface area (Å²) in [5, 5.41) is 17.8. The van der Waals surface area contributed by atoms with Gasteiger partial charge in [0.05, 0.1) is 11.8 Å². The monoisotopic (exact) mass is 317 g/mol. The maximum atomic E-state index is 13.1. The summed E-state index contributed by atoms with van der Waals surface area (Å²) in [5.74, 6) is -0.223. The van der Waals surface area contributed by atoms with Gasteiger partial charge in [0.1, 0.15) is 5.82 Å². The fourth-order valence-electron chi connectivity index (χ4n) is 3.44. The number of H-pyrrole nitrogens is 1. The van der Waals surface area contributed by atoms with Gasteiger partial charge < -0.3 is 5.11 Å². The molecular weight excluding hydrogens is 293 g/mol. The number of rotatable bonds is 4. The van der Waals surface area contributed by atoms with E-state index in [2.05, 4.69) is 15.1 Å². The molecule has 1 aromatic carbocycles. The second-order valence-electron chi connectivity index (χ2n) is 6.49. The zero-order chi connectivity index (χ0) is 16.4. The number of likely N-dealkylation sites (tertiary alicyclic amines) is 1. The first-order chi connectivity index (χ1) is 11.0. The van der Waals surface area contributed by atoms with Gasteiger partial charge >= 0.3 is 0 Å². The molecule has 4 nitrogen and oxygen atoms in total. The fraction of sp³-hybridized carbons (Fsp3) is 0.500. The van der Waals surface area contributed by atoms with Crippen LogP contribution in [0.25, 0.3) is 0 Å². The lowest BCUT2D eigenvalue weighted by Crippen LogP contribution is -2.49. The second-order valence-corrected chi connectivity index (χ2v) is 6.49. The van der Waals surface area contributed by atoms with Crippen LogP contribution in [-0.4, -0.2) is 38.9 Å². The molecule has 23 heavy (non-hydrogen) atoms. The van der Waals surface area contributed by atoms with E-state index < -0.39 is 0 Å². The molecule has 2 atom stereocenters. The lowest BCUT2D eigenvalue weighted by molar-refractivity contribution is 0.00655. The molecular formula is C18H24FN3O. The molecule has 0 radical (unpaired) electrons. The molecule has 0 bridgehead atoms. The molecule has 0 amide bonds. The van der Waals surface area contributed by atoms with Gasteiger partial charge in [0.25, 0.3) is 0 Å². The Hall–Kier alpha value is -1.72. The molecule has 124 valence electrons. The Balaban J connectivity index is 1.78. The zero-order valence-corrected chi connectivity index (χ0v) is 13.7. The largest absolute Gasteiger partial charge is 0.391 e. The van der Waals surface area contributed by atoms with Gasteiger partial charge in [0.2, 0.25) is 0 Å². The maximum absolute atomic E-state index is 13.1. The summed E-state index contributed by atoms with van der Waals surface area (Å²) >= 11 is 0. The van der Waals surface area contributed by atoms with E-state index in [1.165, 1.54) is 17.7 Å². The van der Waals surface area contributed by atoms with E-state index in [0.29, 0.717) is 0 Å². The minimum Gasteiger partial charge on any atom is -0.391 e. The van der Waals surface area contributed by atoms with Crippen LogP contribution in [-0.2, 0) is 13.0 Å². The molecule has 2 aromatic rings. The standard InChI is InChI=1S/C18H24FN3O/c1-12-16(13(2)21-20-12)11-22-9-3-4-18(23)17(22)10-14-5-7-15(19)8-6-14/h5-8,17-18,23H,3-4,9-11H2,1-2H3,(H,20,21)/t17-,18-/m0/s1. The molecule has 1 saturated heterocycles. The number of aromatic nitrogens is 2. The Morgan fingerprint density at radius 2 is 2.04 bits per heavy atom. The smallest absolute Gasteiger partial charge is 0.123 e. The van der Waals surface area contributed by atoms with Crippen LogP contribution in [0.1, 0.15) is 35.4 Å². The van der Waals surface area contributed by atoms with Crippen LogP contribution >= 0.6 is 0 Å². The van der Waals surface area contributed by atoms with Crippen molar-refractivity contribution in [3.05, 3.63) is 52.6 Å². The number of hydrogen-bond acceptors (Lipinski definition) is 3. The highest BCUT2D eigenvalue weighted by Gasteiger charge is 2.31. The first-order valence-electron chi connectivity index (χ1n) is 8.21. The van der Waals surface area contributed by atoms with Crippen molar-refractivity contribution in [3.8, 4) is 0 Å². The molecule has 5 heteroatoms. The topological polar surface area (TPSA) is 52.2 Å². The minimum absolute atomic E-state index is 0.0583. The van der Waals surface area contributed by atoms with E-state index in [0.717, 1.165) is 49.3 Å². The van der Waals surface area contributed by atoms with Gasteiger partial charge in [-0.3, -0.25) is 10.00 Å². The highest BCUT2D eigenvalue weighted by molar-refractivity contribution is 5.24. The molecule has 2 heterocycles. The van der Waals surface area contributed by atoms with Gasteiger partial charge in [0.15, 0.2) is 0 Å². The van der Waals surface area contributed by atoms with Crippen molar-refractivity contribution in [2.75, 3.05) is 6.54 Å². The Kier molecular flexibility index (Phi) is 4.78. The Morgan fingerprint density at radius 3 is 2.70 bits per heavy atom. The minimum atomic E-state index is -0.346. The van der Waals surface area contributed by atoms with Crippen LogP contribution in [0.2, 0.25) is 0 Å². The molecule has 0 spiro atoms. The Bertz CT molecular complexity index is 633. The molecule has 1 fully saturated rings. The lowest BCUT2D eigenvalue weighted by atomic mass is 9.92. The van der Waals surface area contributed by atoms with Crippen molar-refractivity contribution in [3.63, 3.8) is 0 Å². The zero-order valence-electron chi connectivity index (χ0n) is 13.7. The second kappa shape index (κ2) is 6.81. The number of aromatic amines is 1. The van der Waals surface area contributed by atoms with E-state index in [1.54, 1.807) is 0 Å². The van der Waals surface area contributed by atoms with Crippen molar-refractivity contribution in [2.45, 2.75) is 51.8 Å². The lowest BCUT2D eigenvalue weighted by Gasteiger charge is -2.39. The van der Waals surface area contributed by atoms with Gasteiger partial charge in [-0.1, -0.05) is 12.1 Å². The molecule has 0 saturated carbocycles. The molecule has 0 unspecified atom stereocenters. The summed E-state index contributed by atoms with van der Waals surface area (Å²) in [7, 11) is 0. The highest BCUT2D eigenvalue weighted by atomic mass is 19.1. The van der Waals surface area contributed by atoms with Crippen molar-refractivity contribution >= 4 is 0 Å². The Morgan fingerprint density at radius 1 is 1.30 bits per heavy atom. The summed E-state index contributed by atoms with van der Waals surface area (Å²) in [6, 6.07) is 6.65. The van der Waals surface area contributed by atoms with Crippen LogP contribution in [0.3, 0.4) is 0 Å². The first kappa shape index (κ1) is 16.1. The number of aliphatic hydroxyl groups is 1. The van der Waals surface area contributed by atoms with Gasteiger partial charge in [-0.15, -0.1) is 0 Å². The number of nitrogens with one attached hydrogen (secondary N) is 1. The number of benzene rings is 1. The van der Waals surface area contributed by atoms with Crippen LogP contribution in [0.15, 0.2) is 24.3 Å². The van der Waals surface area contributed by atoms with Gasteiger partial charge in [-0.05, 0) is 57.4 Å². The molecule has 1 aromatic heterocycles. The predicted octanol–water partition coefficient (Wildman–Crippen LogP) is 2.73. The van der Waals surface area contributed by atoms with Crippen molar-refractivity contribution in [1.29, 1.82) is 0 Å². The van der Waals surface area contributed by atoms with Gasteiger partial charge in [-0.25, -0.2) is 4.39 Å². The van der Waals surface area contributed by atoms with E-state index in [1.807, 2.05) is 26.0 Å². The van der Waals surface area contributed by atoms with Gasteiger partial charge in [-0.2, -0.15) is 5.10 Å². The quantitative estimate of drug-likeness (QED) is 0.911. The number of aliphatic hydroxyl groups excluding tert-OH is 1. The molecule has 2 N–H and O–H groups in total. The number of piperidine rings is 1. The number of hydrogen-bond donors (Lipinski definition) is 2. The fourth-order valence-corrected chi connectivity index (χ4v) is 3.44. The van der Waals surface area contributed by atoms with Gasteiger partial charge in [0, 0.05) is 23.8 Å². The van der Waals surface area contributed by atoms with E-state index in [-0.39, 0.29) is 18.0 Å². The van der Waals surface area contributed by atoms with Crippen LogP contribution < -0.4 is 0 Å². The summed E-state index contributed by atoms with van der Waals surface area (Å²) in [6.07, 6.45) is 2.21. The molecule has 1 aliphatic heterocycles. The van der Waals surface area contributed by atoms with Crippen molar-refractivity contribution in [1.82, 2.24) is 15.1 Å². The maximum Gasteiger partial charge on any atom is 0.123 e. The molecule has 1 aliphatic rings. The average Bonchev–Trinajstić information content (AvgIpc) is 2.84. The summed E-state index contributed by atoms with van der Waals surface area (Å²) in [6.45, 7) is 5.79. The third kappa shape index (κ3) is 3.62. The van der Waals surface area contributed by atoms with Crippen molar-refractivity contribution < 1.29 is 9.50 Å². The number of aryl methyl sites for hydroxylation is 2. The summed E-state index contributed by atoms with van der Waals surface area (Å²) < 4.78 is 13.1. The number of halogens is 1. The normalized spacial score (nSPS) is 22.4. The number of nitrogens with zero attached hydrogens (tertiary/aromatic N) is 2. The summed E-state index contributed by atoms with van der Waals surface area (Å²) in [5.41, 5.74) is 4.37. The molecule has 0 aliphatic carbocycles. The first-order valence-corrected chi connectivity index (χ1v) is 8.21. The van der Waals surface area contributed by atoms with Crippen molar-refractivity contribution in [2.24, 2.45) is 0 Å². The van der Waals surface area contributed by atoms with E-state index in [9.17, 15) is 9.50 Å². The van der Waals surface area contributed by atoms with E-state index >= 15 is 0 Å². The third-order valence-electron chi connectivity index (χ3n) is 4.86. The Labute approximate surface area is 136 Å². The summed E-state index contributed by atoms with van der Waals surface area (Å²) in [4.78, 5) is 2.34. The van der Waals surface area contributed by atoms with E-state index in [4.69, 9.17) is 0 Å². The molecule has 3 rings (SSSR count). The van der Waals surface area contributed by atoms with Crippen LogP contribution in [0, 0.1) is 19.7 Å². The average molecular weight is 317 g/mol. The van der Waals surface area contributed by atoms with Crippen LogP contribution in [0.4, 0.5) is 4.39 Å².